The van der Waals surface area contributed by atoms with Gasteiger partial charge in [-0.25, -0.2) is 14.5 Å². The summed E-state index contributed by atoms with van der Waals surface area (Å²) in [4.78, 5) is 15.4. The van der Waals surface area contributed by atoms with Gasteiger partial charge < -0.3 is 13.6 Å². The molecule has 0 spiro atoms. The number of nitrogens with zero attached hydrogens (tertiary/aromatic N) is 5. The predicted octanol–water partition coefficient (Wildman–Crippen LogP) is 1.69. The molecule has 0 N–H and O–H groups in total. The van der Waals surface area contributed by atoms with Gasteiger partial charge in [-0.15, -0.1) is 10.2 Å². The van der Waals surface area contributed by atoms with Crippen molar-refractivity contribution in [2.24, 2.45) is 0 Å². The number of esters is 1. The van der Waals surface area contributed by atoms with Crippen LogP contribution in [-0.4, -0.2) is 38.0 Å². The van der Waals surface area contributed by atoms with Crippen LogP contribution in [0.2, 0.25) is 0 Å². The minimum absolute atomic E-state index is 0.361. The van der Waals surface area contributed by atoms with Crippen LogP contribution in [-0.2, 0) is 17.0 Å². The van der Waals surface area contributed by atoms with Gasteiger partial charge in [0.15, 0.2) is 0 Å². The summed E-state index contributed by atoms with van der Waals surface area (Å²) in [6.45, 7) is 2.07. The van der Waals surface area contributed by atoms with E-state index in [2.05, 4.69) is 25.0 Å². The van der Waals surface area contributed by atoms with Crippen molar-refractivity contribution in [2.45, 2.75) is 24.4 Å². The molecule has 9 nitrogen and oxygen atoms in total. The van der Waals surface area contributed by atoms with E-state index < -0.39 is 5.97 Å². The Balaban J connectivity index is 1.60. The average molecular weight is 335 g/mol. The molecule has 0 aliphatic rings. The van der Waals surface area contributed by atoms with Gasteiger partial charge in [-0.3, -0.25) is 0 Å². The van der Waals surface area contributed by atoms with Crippen LogP contribution in [0.5, 0.6) is 0 Å². The summed E-state index contributed by atoms with van der Waals surface area (Å²) in [6.07, 6.45) is 3.00. The van der Waals surface area contributed by atoms with Crippen LogP contribution in [0.4, 0.5) is 0 Å². The topological polar surface area (TPSA) is 109 Å². The molecule has 0 radical (unpaired) electrons. The largest absolute Gasteiger partial charge is 0.465 e. The van der Waals surface area contributed by atoms with E-state index in [0.29, 0.717) is 40.5 Å². The summed E-state index contributed by atoms with van der Waals surface area (Å²) in [6, 6.07) is 1.65. The Bertz CT molecular complexity index is 795. The van der Waals surface area contributed by atoms with E-state index in [1.807, 2.05) is 0 Å². The number of aromatic nitrogens is 5. The molecule has 0 fully saturated rings. The number of aryl methyl sites for hydroxylation is 1. The van der Waals surface area contributed by atoms with Crippen LogP contribution in [0, 0.1) is 6.92 Å². The maximum Gasteiger partial charge on any atom is 0.341 e. The van der Waals surface area contributed by atoms with Crippen LogP contribution >= 0.6 is 11.8 Å². The number of thioether (sulfide) groups is 1. The van der Waals surface area contributed by atoms with Crippen molar-refractivity contribution in [2.75, 3.05) is 7.11 Å². The zero-order valence-corrected chi connectivity index (χ0v) is 13.2. The Morgan fingerprint density at radius 1 is 1.39 bits per heavy atom. The van der Waals surface area contributed by atoms with Gasteiger partial charge in [0.25, 0.3) is 5.22 Å². The van der Waals surface area contributed by atoms with E-state index in [9.17, 15) is 4.79 Å². The van der Waals surface area contributed by atoms with Crippen LogP contribution in [0.3, 0.4) is 0 Å². The quantitative estimate of drug-likeness (QED) is 0.491. The maximum absolute atomic E-state index is 11.5. The van der Waals surface area contributed by atoms with Gasteiger partial charge in [-0.1, -0.05) is 11.8 Å². The third-order valence-electron chi connectivity index (χ3n) is 2.92. The molecule has 3 aromatic heterocycles. The van der Waals surface area contributed by atoms with E-state index in [1.165, 1.54) is 25.2 Å². The Morgan fingerprint density at radius 2 is 2.26 bits per heavy atom. The highest BCUT2D eigenvalue weighted by molar-refractivity contribution is 7.98. The van der Waals surface area contributed by atoms with Crippen molar-refractivity contribution in [1.82, 2.24) is 25.0 Å². The smallest absolute Gasteiger partial charge is 0.341 e. The lowest BCUT2D eigenvalue weighted by molar-refractivity contribution is 0.0599. The lowest BCUT2D eigenvalue weighted by atomic mass is 10.2. The highest BCUT2D eigenvalue weighted by Gasteiger charge is 2.16. The minimum Gasteiger partial charge on any atom is -0.465 e. The molecule has 120 valence electrons. The third kappa shape index (κ3) is 3.59. The van der Waals surface area contributed by atoms with Gasteiger partial charge in [-0.05, 0) is 13.0 Å². The molecule has 23 heavy (non-hydrogen) atoms. The van der Waals surface area contributed by atoms with Gasteiger partial charge in [0.1, 0.15) is 36.3 Å². The van der Waals surface area contributed by atoms with Gasteiger partial charge in [0.05, 0.1) is 12.9 Å². The van der Waals surface area contributed by atoms with E-state index in [0.717, 1.165) is 0 Å². The van der Waals surface area contributed by atoms with E-state index >= 15 is 0 Å². The van der Waals surface area contributed by atoms with Gasteiger partial charge in [0, 0.05) is 0 Å². The average Bonchev–Trinajstić information content (AvgIpc) is 3.27. The summed E-state index contributed by atoms with van der Waals surface area (Å²) in [5.41, 5.74) is 0.417. The second kappa shape index (κ2) is 6.65. The Hall–Kier alpha value is -2.62. The monoisotopic (exact) mass is 335 g/mol. The lowest BCUT2D eigenvalue weighted by Crippen LogP contribution is -2.00. The van der Waals surface area contributed by atoms with Crippen molar-refractivity contribution >= 4 is 17.7 Å². The lowest BCUT2D eigenvalue weighted by Gasteiger charge is -1.94. The first-order valence-electron chi connectivity index (χ1n) is 6.61. The molecule has 10 heteroatoms. The van der Waals surface area contributed by atoms with Crippen LogP contribution < -0.4 is 0 Å². The first-order valence-corrected chi connectivity index (χ1v) is 7.59. The van der Waals surface area contributed by atoms with Gasteiger partial charge in [-0.2, -0.15) is 5.10 Å². The predicted molar refractivity (Wildman–Crippen MR) is 77.8 cm³/mol. The number of ether oxygens (including phenoxy) is 1. The first kappa shape index (κ1) is 15.3. The normalized spacial score (nSPS) is 10.9. The number of rotatable bonds is 6. The molecule has 0 unspecified atom stereocenters. The van der Waals surface area contributed by atoms with Crippen molar-refractivity contribution in [1.29, 1.82) is 0 Å². The fourth-order valence-corrected chi connectivity index (χ4v) is 2.54. The molecule has 3 rings (SSSR count). The van der Waals surface area contributed by atoms with E-state index in [4.69, 9.17) is 8.83 Å². The molecule has 0 saturated heterocycles. The standard InChI is InChI=1S/C13H13N5O4S/c1-8-10(12(19)20-2)3-9(21-8)5-23-13-17-16-11(22-13)4-18-7-14-6-15-18/h3,6-7H,4-5H2,1-2H3. The molecular formula is C13H13N5O4S. The molecule has 0 aliphatic carbocycles. The molecule has 0 saturated carbocycles. The van der Waals surface area contributed by atoms with E-state index in [1.54, 1.807) is 24.0 Å². The van der Waals surface area contributed by atoms with Crippen molar-refractivity contribution < 1.29 is 18.4 Å². The number of methoxy groups -OCH3 is 1. The van der Waals surface area contributed by atoms with Crippen LogP contribution in [0.1, 0.15) is 27.8 Å². The Labute approximate surface area is 135 Å². The molecule has 0 atom stereocenters. The Morgan fingerprint density at radius 3 is 3.00 bits per heavy atom. The van der Waals surface area contributed by atoms with E-state index in [-0.39, 0.29) is 0 Å². The first-order chi connectivity index (χ1) is 11.2. The van der Waals surface area contributed by atoms with Crippen molar-refractivity contribution in [3.63, 3.8) is 0 Å². The minimum atomic E-state index is -0.421. The molecule has 0 aromatic carbocycles. The molecule has 0 bridgehead atoms. The SMILES string of the molecule is COC(=O)c1cc(CSc2nnc(Cn3cncn3)o2)oc1C. The fraction of sp³-hybridized carbons (Fsp3) is 0.308. The second-order valence-corrected chi connectivity index (χ2v) is 5.44. The zero-order valence-electron chi connectivity index (χ0n) is 12.4. The summed E-state index contributed by atoms with van der Waals surface area (Å²) < 4.78 is 17.3. The van der Waals surface area contributed by atoms with Gasteiger partial charge in [0.2, 0.25) is 5.89 Å². The zero-order chi connectivity index (χ0) is 16.2. The number of furan rings is 1. The highest BCUT2D eigenvalue weighted by atomic mass is 32.2. The molecule has 0 aliphatic heterocycles. The molecule has 0 amide bonds. The molecular weight excluding hydrogens is 322 g/mol. The number of carbonyl (C=O) groups is 1. The second-order valence-electron chi connectivity index (χ2n) is 4.52. The highest BCUT2D eigenvalue weighted by Crippen LogP contribution is 2.25. The summed E-state index contributed by atoms with van der Waals surface area (Å²) in [5, 5.41) is 12.3. The van der Waals surface area contributed by atoms with Gasteiger partial charge >= 0.3 is 5.97 Å². The molecule has 3 aromatic rings. The molecule has 3 heterocycles. The summed E-state index contributed by atoms with van der Waals surface area (Å²) >= 11 is 1.32. The summed E-state index contributed by atoms with van der Waals surface area (Å²) in [7, 11) is 1.33. The fourth-order valence-electron chi connectivity index (χ4n) is 1.87. The van der Waals surface area contributed by atoms with Crippen molar-refractivity contribution in [3.8, 4) is 0 Å². The van der Waals surface area contributed by atoms with Crippen molar-refractivity contribution in [3.05, 3.63) is 41.7 Å². The third-order valence-corrected chi connectivity index (χ3v) is 3.76. The van der Waals surface area contributed by atoms with Crippen LogP contribution in [0.25, 0.3) is 0 Å². The summed E-state index contributed by atoms with van der Waals surface area (Å²) in [5.74, 6) is 1.62. The Kier molecular flexibility index (Phi) is 4.42. The number of hydrogen-bond acceptors (Lipinski definition) is 9. The number of carbonyl (C=O) groups excluding carboxylic acids is 1. The number of hydrogen-bond donors (Lipinski definition) is 0. The maximum atomic E-state index is 11.5. The van der Waals surface area contributed by atoms with Crippen LogP contribution in [0.15, 0.2) is 32.8 Å².